The van der Waals surface area contributed by atoms with Crippen molar-refractivity contribution in [3.8, 4) is 0 Å². The molecule has 28 heavy (non-hydrogen) atoms. The molecule has 0 aliphatic rings. The summed E-state index contributed by atoms with van der Waals surface area (Å²) in [6.45, 7) is 5.20. The van der Waals surface area contributed by atoms with E-state index in [2.05, 4.69) is 11.5 Å². The summed E-state index contributed by atoms with van der Waals surface area (Å²) in [5, 5.41) is 0.725. The minimum Gasteiger partial charge on any atom is -0.345 e. The Labute approximate surface area is 170 Å². The van der Waals surface area contributed by atoms with Crippen molar-refractivity contribution in [2.75, 3.05) is 0 Å². The maximum Gasteiger partial charge on any atom is 0.254 e. The summed E-state index contributed by atoms with van der Waals surface area (Å²) in [6.07, 6.45) is 2.83. The summed E-state index contributed by atoms with van der Waals surface area (Å²) in [6, 6.07) is 17.5. The van der Waals surface area contributed by atoms with Crippen LogP contribution in [-0.2, 0) is 13.1 Å². The van der Waals surface area contributed by atoms with Crippen LogP contribution in [0.5, 0.6) is 0 Å². The van der Waals surface area contributed by atoms with Gasteiger partial charge in [-0.25, -0.2) is 4.39 Å². The molecule has 3 aromatic rings. The molecule has 5 heteroatoms. The Morgan fingerprint density at radius 3 is 2.50 bits per heavy atom. The van der Waals surface area contributed by atoms with E-state index >= 15 is 0 Å². The summed E-state index contributed by atoms with van der Waals surface area (Å²) in [5.74, 6) is -0.444. The molecule has 1 amide bonds. The average Bonchev–Trinajstić information content (AvgIpc) is 3.14. The fourth-order valence-corrected chi connectivity index (χ4v) is 3.33. The Morgan fingerprint density at radius 2 is 1.82 bits per heavy atom. The first-order valence-electron chi connectivity index (χ1n) is 9.43. The van der Waals surface area contributed by atoms with Crippen LogP contribution in [0.25, 0.3) is 0 Å². The van der Waals surface area contributed by atoms with Crippen LogP contribution in [-0.4, -0.2) is 21.4 Å². The second-order valence-corrected chi connectivity index (χ2v) is 7.32. The summed E-state index contributed by atoms with van der Waals surface area (Å²) in [7, 11) is 0. The average molecular weight is 399 g/mol. The molecule has 0 radical (unpaired) electrons. The fourth-order valence-electron chi connectivity index (χ4n) is 3.14. The number of halogens is 2. The molecule has 1 aromatic heterocycles. The van der Waals surface area contributed by atoms with E-state index in [1.807, 2.05) is 54.4 Å². The number of benzene rings is 2. The van der Waals surface area contributed by atoms with Crippen LogP contribution in [0.2, 0.25) is 5.02 Å². The number of carbonyl (C=O) groups excluding carboxylic acids is 1. The third-order valence-corrected chi connectivity index (χ3v) is 5.40. The second-order valence-electron chi connectivity index (χ2n) is 6.92. The third-order valence-electron chi connectivity index (χ3n) is 5.03. The zero-order chi connectivity index (χ0) is 20.1. The molecular weight excluding hydrogens is 375 g/mol. The zero-order valence-electron chi connectivity index (χ0n) is 16.1. The van der Waals surface area contributed by atoms with Gasteiger partial charge < -0.3 is 9.47 Å². The van der Waals surface area contributed by atoms with Crippen LogP contribution in [0.1, 0.15) is 41.9 Å². The highest BCUT2D eigenvalue weighted by Crippen LogP contribution is 2.20. The maximum absolute atomic E-state index is 13.2. The number of carbonyl (C=O) groups is 1. The molecule has 0 saturated heterocycles. The smallest absolute Gasteiger partial charge is 0.254 e. The van der Waals surface area contributed by atoms with E-state index in [-0.39, 0.29) is 17.8 Å². The molecule has 0 aliphatic heterocycles. The van der Waals surface area contributed by atoms with Gasteiger partial charge in [-0.3, -0.25) is 4.79 Å². The summed E-state index contributed by atoms with van der Waals surface area (Å²) in [4.78, 5) is 14.9. The van der Waals surface area contributed by atoms with Crippen LogP contribution in [0.3, 0.4) is 0 Å². The van der Waals surface area contributed by atoms with Crippen molar-refractivity contribution in [1.29, 1.82) is 0 Å². The van der Waals surface area contributed by atoms with Gasteiger partial charge in [0, 0.05) is 35.1 Å². The van der Waals surface area contributed by atoms with E-state index in [0.717, 1.165) is 22.7 Å². The molecule has 3 nitrogen and oxygen atoms in total. The molecule has 0 unspecified atom stereocenters. The van der Waals surface area contributed by atoms with Gasteiger partial charge in [-0.05, 0) is 61.4 Å². The Morgan fingerprint density at radius 1 is 1.11 bits per heavy atom. The number of nitrogens with zero attached hydrogens (tertiary/aromatic N) is 2. The fraction of sp³-hybridized carbons (Fsp3) is 0.261. The predicted molar refractivity (Wildman–Crippen MR) is 111 cm³/mol. The predicted octanol–water partition coefficient (Wildman–Crippen LogP) is 5.77. The lowest BCUT2D eigenvalue weighted by Crippen LogP contribution is -2.38. The topological polar surface area (TPSA) is 25.2 Å². The van der Waals surface area contributed by atoms with E-state index in [1.54, 1.807) is 0 Å². The van der Waals surface area contributed by atoms with Gasteiger partial charge in [-0.1, -0.05) is 36.7 Å². The van der Waals surface area contributed by atoms with Crippen molar-refractivity contribution in [1.82, 2.24) is 9.47 Å². The van der Waals surface area contributed by atoms with Gasteiger partial charge in [0.2, 0.25) is 0 Å². The van der Waals surface area contributed by atoms with Crippen LogP contribution in [0.4, 0.5) is 4.39 Å². The standard InChI is InChI=1S/C23H24ClFN2O/c1-3-17(2)27(23(28)18-10-12-20(25)13-11-18)16-21-8-6-14-26(21)15-19-7-4-5-9-22(19)24/h4-14,17H,3,15-16H2,1-2H3/t17-/m0/s1. The van der Waals surface area contributed by atoms with Crippen molar-refractivity contribution in [3.05, 3.63) is 94.5 Å². The molecule has 0 spiro atoms. The molecule has 0 bridgehead atoms. The van der Waals surface area contributed by atoms with E-state index in [0.29, 0.717) is 18.7 Å². The summed E-state index contributed by atoms with van der Waals surface area (Å²) < 4.78 is 15.3. The minimum absolute atomic E-state index is 0.0567. The SMILES string of the molecule is CC[C@H](C)N(Cc1cccn1Cc1ccccc1Cl)C(=O)c1ccc(F)cc1. The van der Waals surface area contributed by atoms with Crippen LogP contribution >= 0.6 is 11.6 Å². The van der Waals surface area contributed by atoms with Gasteiger partial charge in [0.05, 0.1) is 6.54 Å². The van der Waals surface area contributed by atoms with Crippen molar-refractivity contribution < 1.29 is 9.18 Å². The van der Waals surface area contributed by atoms with Gasteiger partial charge in [-0.2, -0.15) is 0 Å². The molecule has 0 aliphatic carbocycles. The van der Waals surface area contributed by atoms with E-state index in [9.17, 15) is 9.18 Å². The molecule has 0 N–H and O–H groups in total. The molecule has 1 atom stereocenters. The summed E-state index contributed by atoms with van der Waals surface area (Å²) >= 11 is 6.31. The lowest BCUT2D eigenvalue weighted by atomic mass is 10.1. The van der Waals surface area contributed by atoms with E-state index in [4.69, 9.17) is 11.6 Å². The Kier molecular flexibility index (Phi) is 6.53. The monoisotopic (exact) mass is 398 g/mol. The molecule has 0 fully saturated rings. The third kappa shape index (κ3) is 4.63. The van der Waals surface area contributed by atoms with Crippen molar-refractivity contribution in [2.45, 2.75) is 39.4 Å². The highest BCUT2D eigenvalue weighted by Gasteiger charge is 2.22. The Balaban J connectivity index is 1.84. The largest absolute Gasteiger partial charge is 0.345 e. The second kappa shape index (κ2) is 9.07. The van der Waals surface area contributed by atoms with Crippen molar-refractivity contribution in [3.63, 3.8) is 0 Å². The first kappa shape index (κ1) is 20.2. The van der Waals surface area contributed by atoms with Gasteiger partial charge in [-0.15, -0.1) is 0 Å². The lowest BCUT2D eigenvalue weighted by Gasteiger charge is -2.29. The Hall–Kier alpha value is -2.59. The van der Waals surface area contributed by atoms with Gasteiger partial charge in [0.25, 0.3) is 5.91 Å². The number of rotatable bonds is 7. The quantitative estimate of drug-likeness (QED) is 0.496. The normalized spacial score (nSPS) is 12.0. The molecule has 1 heterocycles. The number of aromatic nitrogens is 1. The highest BCUT2D eigenvalue weighted by molar-refractivity contribution is 6.31. The number of hydrogen-bond acceptors (Lipinski definition) is 1. The van der Waals surface area contributed by atoms with Gasteiger partial charge in [0.1, 0.15) is 5.82 Å². The summed E-state index contributed by atoms with van der Waals surface area (Å²) in [5.41, 5.74) is 2.54. The molecule has 146 valence electrons. The highest BCUT2D eigenvalue weighted by atomic mass is 35.5. The minimum atomic E-state index is -0.347. The van der Waals surface area contributed by atoms with Crippen molar-refractivity contribution >= 4 is 17.5 Å². The molecule has 3 rings (SSSR count). The maximum atomic E-state index is 13.2. The molecule has 0 saturated carbocycles. The first-order chi connectivity index (χ1) is 13.5. The number of hydrogen-bond donors (Lipinski definition) is 0. The van der Waals surface area contributed by atoms with E-state index < -0.39 is 0 Å². The van der Waals surface area contributed by atoms with E-state index in [1.165, 1.54) is 24.3 Å². The lowest BCUT2D eigenvalue weighted by molar-refractivity contribution is 0.0667. The van der Waals surface area contributed by atoms with Crippen LogP contribution in [0.15, 0.2) is 66.9 Å². The first-order valence-corrected chi connectivity index (χ1v) is 9.81. The van der Waals surface area contributed by atoms with Crippen LogP contribution in [0, 0.1) is 5.82 Å². The molecular formula is C23H24ClFN2O. The molecule has 2 aromatic carbocycles. The van der Waals surface area contributed by atoms with Crippen molar-refractivity contribution in [2.24, 2.45) is 0 Å². The van der Waals surface area contributed by atoms with Gasteiger partial charge >= 0.3 is 0 Å². The zero-order valence-corrected chi connectivity index (χ0v) is 16.9. The number of amides is 1. The van der Waals surface area contributed by atoms with Gasteiger partial charge in [0.15, 0.2) is 0 Å². The van der Waals surface area contributed by atoms with Crippen LogP contribution < -0.4 is 0 Å². The Bertz CT molecular complexity index is 936.